The van der Waals surface area contributed by atoms with E-state index in [0.717, 1.165) is 45.1 Å². The van der Waals surface area contributed by atoms with Gasteiger partial charge in [-0.15, -0.1) is 0 Å². The van der Waals surface area contributed by atoms with Crippen LogP contribution in [0.15, 0.2) is 24.3 Å². The molecule has 1 atom stereocenters. The highest BCUT2D eigenvalue weighted by molar-refractivity contribution is 5.27. The van der Waals surface area contributed by atoms with Gasteiger partial charge in [-0.2, -0.15) is 0 Å². The van der Waals surface area contributed by atoms with Crippen molar-refractivity contribution in [2.24, 2.45) is 0 Å². The Morgan fingerprint density at radius 2 is 1.81 bits per heavy atom. The average Bonchev–Trinajstić information content (AvgIpc) is 2.47. The van der Waals surface area contributed by atoms with E-state index in [-0.39, 0.29) is 6.10 Å². The van der Waals surface area contributed by atoms with Gasteiger partial charge in [0, 0.05) is 32.2 Å². The van der Waals surface area contributed by atoms with Gasteiger partial charge >= 0.3 is 0 Å². The summed E-state index contributed by atoms with van der Waals surface area (Å²) in [5, 5.41) is 3.58. The van der Waals surface area contributed by atoms with Crippen LogP contribution in [0.5, 0.6) is 5.75 Å². The van der Waals surface area contributed by atoms with Crippen molar-refractivity contribution in [2.45, 2.75) is 39.5 Å². The van der Waals surface area contributed by atoms with Gasteiger partial charge in [-0.05, 0) is 38.5 Å². The minimum Gasteiger partial charge on any atom is -0.491 e. The molecule has 1 N–H and O–H groups in total. The molecular formula is C17H28N2O2. The fourth-order valence-electron chi connectivity index (χ4n) is 2.49. The Labute approximate surface area is 128 Å². The van der Waals surface area contributed by atoms with E-state index in [9.17, 15) is 0 Å². The Morgan fingerprint density at radius 1 is 1.14 bits per heavy atom. The number of nitrogens with zero attached hydrogens (tertiary/aromatic N) is 1. The quantitative estimate of drug-likeness (QED) is 0.836. The molecule has 21 heavy (non-hydrogen) atoms. The van der Waals surface area contributed by atoms with Gasteiger partial charge in [-0.3, -0.25) is 4.90 Å². The molecule has 0 saturated carbocycles. The molecule has 0 amide bonds. The highest BCUT2D eigenvalue weighted by atomic mass is 16.5. The molecule has 1 fully saturated rings. The zero-order chi connectivity index (χ0) is 15.1. The van der Waals surface area contributed by atoms with Crippen molar-refractivity contribution in [1.82, 2.24) is 10.2 Å². The minimum atomic E-state index is 0.225. The molecule has 2 rings (SSSR count). The van der Waals surface area contributed by atoms with Crippen molar-refractivity contribution in [3.8, 4) is 5.75 Å². The molecule has 0 spiro atoms. The smallest absolute Gasteiger partial charge is 0.119 e. The van der Waals surface area contributed by atoms with Crippen molar-refractivity contribution < 1.29 is 9.47 Å². The van der Waals surface area contributed by atoms with Crippen LogP contribution in [0, 0.1) is 0 Å². The van der Waals surface area contributed by atoms with Crippen LogP contribution in [0.3, 0.4) is 0 Å². The Kier molecular flexibility index (Phi) is 6.49. The monoisotopic (exact) mass is 292 g/mol. The first kappa shape index (κ1) is 16.3. The van der Waals surface area contributed by atoms with Crippen LogP contribution in [-0.4, -0.2) is 49.9 Å². The number of benzene rings is 1. The Balaban J connectivity index is 1.71. The Morgan fingerprint density at radius 3 is 2.43 bits per heavy atom. The lowest BCUT2D eigenvalue weighted by Gasteiger charge is -2.29. The van der Waals surface area contributed by atoms with Crippen LogP contribution in [-0.2, 0) is 11.3 Å². The molecule has 0 aliphatic carbocycles. The lowest BCUT2D eigenvalue weighted by atomic mass is 10.2. The van der Waals surface area contributed by atoms with Crippen LogP contribution in [0.4, 0.5) is 0 Å². The molecule has 1 aromatic rings. The van der Waals surface area contributed by atoms with Crippen LogP contribution in [0.2, 0.25) is 0 Å². The summed E-state index contributed by atoms with van der Waals surface area (Å²) in [6.07, 6.45) is 0.225. The number of ether oxygens (including phenoxy) is 2. The average molecular weight is 292 g/mol. The third-order valence-electron chi connectivity index (χ3n) is 3.59. The second-order valence-corrected chi connectivity index (χ2v) is 6.01. The lowest BCUT2D eigenvalue weighted by Crippen LogP contribution is -2.44. The second-order valence-electron chi connectivity index (χ2n) is 6.01. The molecule has 0 aromatic heterocycles. The molecule has 1 aliphatic rings. The first-order chi connectivity index (χ1) is 10.1. The van der Waals surface area contributed by atoms with Gasteiger partial charge in [-0.25, -0.2) is 0 Å². The van der Waals surface area contributed by atoms with E-state index in [4.69, 9.17) is 9.47 Å². The van der Waals surface area contributed by atoms with Gasteiger partial charge in [0.1, 0.15) is 5.75 Å². The van der Waals surface area contributed by atoms with Crippen LogP contribution in [0.1, 0.15) is 26.3 Å². The maximum Gasteiger partial charge on any atom is 0.119 e. The van der Waals surface area contributed by atoms with Crippen molar-refractivity contribution in [3.63, 3.8) is 0 Å². The topological polar surface area (TPSA) is 33.7 Å². The highest BCUT2D eigenvalue weighted by Gasteiger charge is 2.13. The summed E-state index contributed by atoms with van der Waals surface area (Å²) in [7, 11) is 0. The first-order valence-electron chi connectivity index (χ1n) is 7.92. The van der Waals surface area contributed by atoms with E-state index < -0.39 is 0 Å². The predicted octanol–water partition coefficient (Wildman–Crippen LogP) is 2.28. The van der Waals surface area contributed by atoms with Gasteiger partial charge in [0.25, 0.3) is 0 Å². The van der Waals surface area contributed by atoms with Crippen molar-refractivity contribution >= 4 is 0 Å². The molecule has 1 unspecified atom stereocenters. The van der Waals surface area contributed by atoms with Crippen LogP contribution in [0.25, 0.3) is 0 Å². The third kappa shape index (κ3) is 6.04. The number of hydrogen-bond acceptors (Lipinski definition) is 4. The number of morpholine rings is 1. The molecule has 4 heteroatoms. The van der Waals surface area contributed by atoms with E-state index in [1.807, 2.05) is 26.0 Å². The fraction of sp³-hybridized carbons (Fsp3) is 0.647. The largest absolute Gasteiger partial charge is 0.491 e. The Bertz CT molecular complexity index is 400. The molecule has 4 nitrogen and oxygen atoms in total. The molecule has 1 aromatic carbocycles. The Hall–Kier alpha value is -1.10. The summed E-state index contributed by atoms with van der Waals surface area (Å²) in [5.41, 5.74) is 1.29. The second kappa shape index (κ2) is 8.37. The molecule has 1 aliphatic heterocycles. The number of nitrogens with one attached hydrogen (secondary N) is 1. The maximum absolute atomic E-state index is 5.66. The summed E-state index contributed by atoms with van der Waals surface area (Å²) in [5.74, 6) is 0.940. The van der Waals surface area contributed by atoms with E-state index >= 15 is 0 Å². The van der Waals surface area contributed by atoms with Gasteiger partial charge in [0.05, 0.1) is 19.3 Å². The molecule has 1 saturated heterocycles. The first-order valence-corrected chi connectivity index (χ1v) is 7.92. The predicted molar refractivity (Wildman–Crippen MR) is 85.8 cm³/mol. The molecule has 1 heterocycles. The number of rotatable bonds is 7. The van der Waals surface area contributed by atoms with Gasteiger partial charge in [0.15, 0.2) is 0 Å². The molecular weight excluding hydrogens is 264 g/mol. The fourth-order valence-corrected chi connectivity index (χ4v) is 2.49. The number of hydrogen-bond donors (Lipinski definition) is 1. The van der Waals surface area contributed by atoms with Crippen LogP contribution >= 0.6 is 0 Å². The molecule has 0 bridgehead atoms. The zero-order valence-electron chi connectivity index (χ0n) is 13.5. The van der Waals surface area contributed by atoms with Gasteiger partial charge < -0.3 is 14.8 Å². The van der Waals surface area contributed by atoms with E-state index in [0.29, 0.717) is 6.04 Å². The maximum atomic E-state index is 5.66. The van der Waals surface area contributed by atoms with E-state index in [2.05, 4.69) is 29.3 Å². The molecule has 118 valence electrons. The highest BCUT2D eigenvalue weighted by Crippen LogP contribution is 2.13. The summed E-state index contributed by atoms with van der Waals surface area (Å²) in [6.45, 7) is 12.1. The van der Waals surface area contributed by atoms with Crippen molar-refractivity contribution in [1.29, 1.82) is 0 Å². The van der Waals surface area contributed by atoms with Gasteiger partial charge in [-0.1, -0.05) is 12.1 Å². The van der Waals surface area contributed by atoms with E-state index in [1.54, 1.807) is 0 Å². The summed E-state index contributed by atoms with van der Waals surface area (Å²) in [4.78, 5) is 2.46. The normalized spacial score (nSPS) is 17.9. The van der Waals surface area contributed by atoms with Crippen molar-refractivity contribution in [3.05, 3.63) is 29.8 Å². The third-order valence-corrected chi connectivity index (χ3v) is 3.59. The minimum absolute atomic E-state index is 0.225. The molecule has 0 radical (unpaired) electrons. The standard InChI is InChI=1S/C17H28N2O2/c1-14(2)21-17-6-4-16(5-7-17)12-18-15(3)13-19-8-10-20-11-9-19/h4-7,14-15,18H,8-13H2,1-3H3. The van der Waals surface area contributed by atoms with Crippen molar-refractivity contribution in [2.75, 3.05) is 32.8 Å². The van der Waals surface area contributed by atoms with E-state index in [1.165, 1.54) is 5.56 Å². The van der Waals surface area contributed by atoms with Gasteiger partial charge in [0.2, 0.25) is 0 Å². The summed E-state index contributed by atoms with van der Waals surface area (Å²) < 4.78 is 11.0. The van der Waals surface area contributed by atoms with Crippen LogP contribution < -0.4 is 10.1 Å². The zero-order valence-corrected chi connectivity index (χ0v) is 13.5. The lowest BCUT2D eigenvalue weighted by molar-refractivity contribution is 0.0343. The summed E-state index contributed by atoms with van der Waals surface area (Å²) in [6, 6.07) is 8.83. The summed E-state index contributed by atoms with van der Waals surface area (Å²) >= 11 is 0. The SMILES string of the molecule is CC(CN1CCOCC1)NCc1ccc(OC(C)C)cc1.